The largest absolute Gasteiger partial charge is 0.416 e. The molecular weight excluding hydrogens is 273 g/mol. The molecule has 8 heteroatoms. The fourth-order valence-electron chi connectivity index (χ4n) is 1.39. The van der Waals surface area contributed by atoms with Crippen LogP contribution in [0.5, 0.6) is 0 Å². The van der Waals surface area contributed by atoms with Gasteiger partial charge < -0.3 is 5.73 Å². The number of rotatable bonds is 2. The van der Waals surface area contributed by atoms with E-state index in [-0.39, 0.29) is 11.5 Å². The summed E-state index contributed by atoms with van der Waals surface area (Å²) in [4.78, 5) is 19.3. The van der Waals surface area contributed by atoms with Crippen LogP contribution in [-0.4, -0.2) is 15.9 Å². The molecule has 0 atom stereocenters. The fourth-order valence-corrected chi connectivity index (χ4v) is 1.39. The summed E-state index contributed by atoms with van der Waals surface area (Å²) >= 11 is 0. The number of benzene rings is 1. The summed E-state index contributed by atoms with van der Waals surface area (Å²) in [6.45, 7) is 0. The van der Waals surface area contributed by atoms with Crippen molar-refractivity contribution in [2.75, 3.05) is 11.1 Å². The Morgan fingerprint density at radius 3 is 2.15 bits per heavy atom. The van der Waals surface area contributed by atoms with Gasteiger partial charge in [0.25, 0.3) is 5.91 Å². The van der Waals surface area contributed by atoms with Gasteiger partial charge in [0.2, 0.25) is 5.95 Å². The second-order valence-electron chi connectivity index (χ2n) is 3.87. The first-order chi connectivity index (χ1) is 9.36. The zero-order chi connectivity index (χ0) is 14.8. The molecule has 0 aliphatic carbocycles. The molecule has 104 valence electrons. The third-order valence-corrected chi connectivity index (χ3v) is 2.37. The van der Waals surface area contributed by atoms with Crippen molar-refractivity contribution in [3.8, 4) is 0 Å². The summed E-state index contributed by atoms with van der Waals surface area (Å²) in [5.74, 6) is -0.590. The molecule has 20 heavy (non-hydrogen) atoms. The van der Waals surface area contributed by atoms with Gasteiger partial charge in [0, 0.05) is 5.56 Å². The van der Waals surface area contributed by atoms with Gasteiger partial charge >= 0.3 is 6.18 Å². The van der Waals surface area contributed by atoms with Gasteiger partial charge in [-0.25, -0.2) is 9.97 Å². The zero-order valence-electron chi connectivity index (χ0n) is 9.98. The molecule has 0 aliphatic rings. The van der Waals surface area contributed by atoms with Crippen LogP contribution in [0.3, 0.4) is 0 Å². The van der Waals surface area contributed by atoms with Crippen LogP contribution in [0.4, 0.5) is 24.8 Å². The zero-order valence-corrected chi connectivity index (χ0v) is 9.98. The summed E-state index contributed by atoms with van der Waals surface area (Å²) in [6.07, 6.45) is -1.83. The average Bonchev–Trinajstić information content (AvgIpc) is 2.40. The number of hydrogen-bond donors (Lipinski definition) is 2. The second kappa shape index (κ2) is 5.16. The minimum Gasteiger partial charge on any atom is -0.396 e. The van der Waals surface area contributed by atoms with E-state index in [1.165, 1.54) is 12.4 Å². The van der Waals surface area contributed by atoms with Crippen molar-refractivity contribution < 1.29 is 18.0 Å². The van der Waals surface area contributed by atoms with E-state index in [9.17, 15) is 18.0 Å². The average molecular weight is 282 g/mol. The Labute approximate surface area is 111 Å². The molecule has 2 aromatic rings. The van der Waals surface area contributed by atoms with E-state index in [1.54, 1.807) is 0 Å². The number of amides is 1. The van der Waals surface area contributed by atoms with E-state index in [4.69, 9.17) is 5.73 Å². The standard InChI is InChI=1S/C12H9F3N4O/c13-12(14,15)8-3-1-7(2-4-8)10(20)19-11-17-5-9(16)6-18-11/h1-6H,16H2,(H,17,18,19,20). The van der Waals surface area contributed by atoms with E-state index in [1.807, 2.05) is 0 Å². The Kier molecular flexibility index (Phi) is 3.55. The van der Waals surface area contributed by atoms with Crippen LogP contribution in [-0.2, 0) is 6.18 Å². The first-order valence-electron chi connectivity index (χ1n) is 5.42. The highest BCUT2D eigenvalue weighted by atomic mass is 19.4. The van der Waals surface area contributed by atoms with Crippen LogP contribution in [0.2, 0.25) is 0 Å². The maximum absolute atomic E-state index is 12.4. The van der Waals surface area contributed by atoms with Crippen molar-refractivity contribution >= 4 is 17.5 Å². The number of carbonyl (C=O) groups excluding carboxylic acids is 1. The normalized spacial score (nSPS) is 11.2. The summed E-state index contributed by atoms with van der Waals surface area (Å²) in [6, 6.07) is 3.82. The SMILES string of the molecule is Nc1cnc(NC(=O)c2ccc(C(F)(F)F)cc2)nc1. The number of nitrogens with zero attached hydrogens (tertiary/aromatic N) is 2. The third kappa shape index (κ3) is 3.22. The number of nitrogens with one attached hydrogen (secondary N) is 1. The number of alkyl halides is 3. The topological polar surface area (TPSA) is 80.9 Å². The molecule has 0 bridgehead atoms. The van der Waals surface area contributed by atoms with Crippen LogP contribution < -0.4 is 11.1 Å². The quantitative estimate of drug-likeness (QED) is 0.885. The molecule has 1 aromatic carbocycles. The Balaban J connectivity index is 2.11. The van der Waals surface area contributed by atoms with Gasteiger partial charge in [-0.3, -0.25) is 10.1 Å². The number of anilines is 2. The maximum Gasteiger partial charge on any atom is 0.416 e. The van der Waals surface area contributed by atoms with E-state index in [0.29, 0.717) is 5.69 Å². The van der Waals surface area contributed by atoms with Crippen molar-refractivity contribution in [3.63, 3.8) is 0 Å². The molecular formula is C12H9F3N4O. The first-order valence-corrected chi connectivity index (χ1v) is 5.42. The molecule has 1 heterocycles. The second-order valence-corrected chi connectivity index (χ2v) is 3.87. The lowest BCUT2D eigenvalue weighted by atomic mass is 10.1. The molecule has 3 N–H and O–H groups in total. The molecule has 1 aromatic heterocycles. The number of carbonyl (C=O) groups is 1. The highest BCUT2D eigenvalue weighted by Crippen LogP contribution is 2.29. The highest BCUT2D eigenvalue weighted by Gasteiger charge is 2.30. The Hall–Kier alpha value is -2.64. The molecule has 0 saturated carbocycles. The molecule has 0 radical (unpaired) electrons. The highest BCUT2D eigenvalue weighted by molar-refractivity contribution is 6.03. The van der Waals surface area contributed by atoms with Crippen LogP contribution in [0.15, 0.2) is 36.7 Å². The van der Waals surface area contributed by atoms with Gasteiger partial charge in [-0.05, 0) is 24.3 Å². The molecule has 5 nitrogen and oxygen atoms in total. The van der Waals surface area contributed by atoms with Crippen LogP contribution in [0.1, 0.15) is 15.9 Å². The number of aromatic nitrogens is 2. The number of nitrogens with two attached hydrogens (primary N) is 1. The summed E-state index contributed by atoms with van der Waals surface area (Å²) in [5, 5.41) is 2.35. The Morgan fingerprint density at radius 1 is 1.10 bits per heavy atom. The van der Waals surface area contributed by atoms with Gasteiger partial charge in [-0.2, -0.15) is 13.2 Å². The minimum absolute atomic E-state index is 0.0177. The molecule has 0 spiro atoms. The molecule has 0 saturated heterocycles. The molecule has 0 fully saturated rings. The summed E-state index contributed by atoms with van der Waals surface area (Å²) < 4.78 is 37.1. The molecule has 0 aliphatic heterocycles. The van der Waals surface area contributed by atoms with E-state index >= 15 is 0 Å². The van der Waals surface area contributed by atoms with Crippen molar-refractivity contribution in [1.29, 1.82) is 0 Å². The maximum atomic E-state index is 12.4. The van der Waals surface area contributed by atoms with Gasteiger partial charge in [0.15, 0.2) is 0 Å². The number of nitrogen functional groups attached to an aromatic ring is 1. The lowest BCUT2D eigenvalue weighted by Gasteiger charge is -2.07. The first kappa shape index (κ1) is 13.8. The van der Waals surface area contributed by atoms with Gasteiger partial charge in [-0.15, -0.1) is 0 Å². The number of hydrogen-bond acceptors (Lipinski definition) is 4. The van der Waals surface area contributed by atoms with Crippen molar-refractivity contribution in [2.45, 2.75) is 6.18 Å². The van der Waals surface area contributed by atoms with Crippen molar-refractivity contribution in [1.82, 2.24) is 9.97 Å². The Morgan fingerprint density at radius 2 is 1.65 bits per heavy atom. The number of halogens is 3. The monoisotopic (exact) mass is 282 g/mol. The molecule has 0 unspecified atom stereocenters. The van der Waals surface area contributed by atoms with Crippen molar-refractivity contribution in [2.24, 2.45) is 0 Å². The van der Waals surface area contributed by atoms with Crippen LogP contribution >= 0.6 is 0 Å². The Bertz CT molecular complexity index is 608. The lowest BCUT2D eigenvalue weighted by Crippen LogP contribution is -2.14. The lowest BCUT2D eigenvalue weighted by molar-refractivity contribution is -0.137. The van der Waals surface area contributed by atoms with Gasteiger partial charge in [-0.1, -0.05) is 0 Å². The van der Waals surface area contributed by atoms with Crippen LogP contribution in [0.25, 0.3) is 0 Å². The molecule has 1 amide bonds. The van der Waals surface area contributed by atoms with Crippen LogP contribution in [0, 0.1) is 0 Å². The third-order valence-electron chi connectivity index (χ3n) is 2.37. The summed E-state index contributed by atoms with van der Waals surface area (Å²) in [7, 11) is 0. The van der Waals surface area contributed by atoms with Gasteiger partial charge in [0.1, 0.15) is 0 Å². The summed E-state index contributed by atoms with van der Waals surface area (Å²) in [5.41, 5.74) is 4.96. The predicted molar refractivity (Wildman–Crippen MR) is 65.8 cm³/mol. The van der Waals surface area contributed by atoms with E-state index in [0.717, 1.165) is 24.3 Å². The smallest absolute Gasteiger partial charge is 0.396 e. The predicted octanol–water partition coefficient (Wildman–Crippen LogP) is 2.33. The van der Waals surface area contributed by atoms with Gasteiger partial charge in [0.05, 0.1) is 23.6 Å². The molecule has 2 rings (SSSR count). The fraction of sp³-hybridized carbons (Fsp3) is 0.0833. The van der Waals surface area contributed by atoms with E-state index in [2.05, 4.69) is 15.3 Å². The van der Waals surface area contributed by atoms with Crippen molar-refractivity contribution in [3.05, 3.63) is 47.8 Å². The minimum atomic E-state index is -4.44. The van der Waals surface area contributed by atoms with E-state index < -0.39 is 17.6 Å².